The number of rotatable bonds is 9. The van der Waals surface area contributed by atoms with Crippen LogP contribution in [0, 0.1) is 17.0 Å². The Bertz CT molecular complexity index is 1060. The Kier molecular flexibility index (Phi) is 7.09. The maximum atomic E-state index is 12.6. The summed E-state index contributed by atoms with van der Waals surface area (Å²) in [6.45, 7) is 9.27. The molecule has 0 fully saturated rings. The predicted octanol–water partition coefficient (Wildman–Crippen LogP) is 3.26. The second-order valence-corrected chi connectivity index (χ2v) is 7.17. The third-order valence-electron chi connectivity index (χ3n) is 5.17. The maximum Gasteiger partial charge on any atom is 0.274 e. The maximum absolute atomic E-state index is 12.6. The van der Waals surface area contributed by atoms with Crippen LogP contribution in [0.3, 0.4) is 0 Å². The van der Waals surface area contributed by atoms with E-state index in [4.69, 9.17) is 0 Å². The zero-order valence-electron chi connectivity index (χ0n) is 17.9. The lowest BCUT2D eigenvalue weighted by Gasteiger charge is -2.18. The van der Waals surface area contributed by atoms with Crippen LogP contribution >= 0.6 is 0 Å². The van der Waals surface area contributed by atoms with Crippen molar-refractivity contribution in [1.29, 1.82) is 0 Å². The summed E-state index contributed by atoms with van der Waals surface area (Å²) in [5.41, 5.74) is 3.33. The highest BCUT2D eigenvalue weighted by molar-refractivity contribution is 5.93. The highest BCUT2D eigenvalue weighted by Gasteiger charge is 2.18. The van der Waals surface area contributed by atoms with E-state index in [2.05, 4.69) is 46.5 Å². The van der Waals surface area contributed by atoms with Gasteiger partial charge in [0.2, 0.25) is 0 Å². The van der Waals surface area contributed by atoms with E-state index in [1.54, 1.807) is 19.1 Å². The molecule has 3 aromatic rings. The number of carbonyl (C=O) groups is 1. The molecular formula is C22H26N6O3. The Balaban J connectivity index is 1.65. The number of hydrogen-bond donors (Lipinski definition) is 1. The van der Waals surface area contributed by atoms with Crippen LogP contribution in [0.5, 0.6) is 0 Å². The van der Waals surface area contributed by atoms with Crippen LogP contribution < -0.4 is 5.32 Å². The van der Waals surface area contributed by atoms with Gasteiger partial charge in [0.05, 0.1) is 16.3 Å². The smallest absolute Gasteiger partial charge is 0.274 e. The summed E-state index contributed by atoms with van der Waals surface area (Å²) in [6.07, 6.45) is 0. The van der Waals surface area contributed by atoms with Gasteiger partial charge in [0.15, 0.2) is 5.69 Å². The number of non-ortho nitro benzene ring substituents is 1. The molecule has 3 rings (SSSR count). The summed E-state index contributed by atoms with van der Waals surface area (Å²) in [5, 5.41) is 21.8. The molecular weight excluding hydrogens is 396 g/mol. The third kappa shape index (κ3) is 5.32. The first-order valence-electron chi connectivity index (χ1n) is 10.2. The van der Waals surface area contributed by atoms with E-state index in [0.29, 0.717) is 17.9 Å². The zero-order chi connectivity index (χ0) is 22.4. The van der Waals surface area contributed by atoms with Crippen LogP contribution in [0.2, 0.25) is 0 Å². The summed E-state index contributed by atoms with van der Waals surface area (Å²) in [4.78, 5) is 25.5. The second kappa shape index (κ2) is 9.94. The van der Waals surface area contributed by atoms with Gasteiger partial charge in [0, 0.05) is 25.2 Å². The predicted molar refractivity (Wildman–Crippen MR) is 117 cm³/mol. The number of hydrogen-bond acceptors (Lipinski definition) is 6. The molecule has 9 nitrogen and oxygen atoms in total. The molecule has 0 spiro atoms. The molecule has 31 heavy (non-hydrogen) atoms. The molecule has 1 heterocycles. The van der Waals surface area contributed by atoms with Crippen LogP contribution in [0.25, 0.3) is 5.69 Å². The normalized spacial score (nSPS) is 11.0. The van der Waals surface area contributed by atoms with Crippen LogP contribution in [0.4, 0.5) is 5.69 Å². The van der Waals surface area contributed by atoms with Crippen molar-refractivity contribution >= 4 is 11.6 Å². The van der Waals surface area contributed by atoms with Gasteiger partial charge in [-0.25, -0.2) is 4.68 Å². The van der Waals surface area contributed by atoms with Gasteiger partial charge in [0.1, 0.15) is 0 Å². The SMILES string of the molecule is CCN(CC)Cc1ccc(CNC(=O)c2nnn(-c3cccc([N+](=O)[O-])c3)c2C)cc1. The lowest BCUT2D eigenvalue weighted by molar-refractivity contribution is -0.384. The van der Waals surface area contributed by atoms with Gasteiger partial charge in [-0.15, -0.1) is 5.10 Å². The summed E-state index contributed by atoms with van der Waals surface area (Å²) in [5.74, 6) is -0.346. The molecule has 0 aliphatic rings. The van der Waals surface area contributed by atoms with Crippen LogP contribution in [-0.4, -0.2) is 43.8 Å². The molecule has 0 unspecified atom stereocenters. The molecule has 0 atom stereocenters. The number of nitrogens with zero attached hydrogens (tertiary/aromatic N) is 5. The molecule has 2 aromatic carbocycles. The number of amides is 1. The molecule has 1 aromatic heterocycles. The minimum atomic E-state index is -0.476. The van der Waals surface area contributed by atoms with Crippen molar-refractivity contribution < 1.29 is 9.72 Å². The van der Waals surface area contributed by atoms with Crippen molar-refractivity contribution in [2.75, 3.05) is 13.1 Å². The van der Waals surface area contributed by atoms with Crippen LogP contribution in [0.15, 0.2) is 48.5 Å². The van der Waals surface area contributed by atoms with Gasteiger partial charge >= 0.3 is 0 Å². The monoisotopic (exact) mass is 422 g/mol. The average Bonchev–Trinajstić information content (AvgIpc) is 3.18. The van der Waals surface area contributed by atoms with Crippen molar-refractivity contribution in [2.24, 2.45) is 0 Å². The average molecular weight is 422 g/mol. The highest BCUT2D eigenvalue weighted by atomic mass is 16.6. The van der Waals surface area contributed by atoms with E-state index in [9.17, 15) is 14.9 Å². The number of carbonyl (C=O) groups excluding carboxylic acids is 1. The molecule has 0 radical (unpaired) electrons. The molecule has 0 aliphatic carbocycles. The van der Waals surface area contributed by atoms with Gasteiger partial charge in [0.25, 0.3) is 11.6 Å². The Morgan fingerprint density at radius 1 is 1.13 bits per heavy atom. The Hall–Kier alpha value is -3.59. The Morgan fingerprint density at radius 2 is 1.81 bits per heavy atom. The second-order valence-electron chi connectivity index (χ2n) is 7.17. The largest absolute Gasteiger partial charge is 0.347 e. The first kappa shape index (κ1) is 22.1. The summed E-state index contributed by atoms with van der Waals surface area (Å²) < 4.78 is 1.42. The zero-order valence-corrected chi connectivity index (χ0v) is 17.9. The fourth-order valence-electron chi connectivity index (χ4n) is 3.26. The highest BCUT2D eigenvalue weighted by Crippen LogP contribution is 2.18. The quantitative estimate of drug-likeness (QED) is 0.419. The summed E-state index contributed by atoms with van der Waals surface area (Å²) in [7, 11) is 0. The first-order chi connectivity index (χ1) is 14.9. The van der Waals surface area contributed by atoms with E-state index in [-0.39, 0.29) is 17.3 Å². The van der Waals surface area contributed by atoms with E-state index < -0.39 is 4.92 Å². The van der Waals surface area contributed by atoms with Crippen molar-refractivity contribution in [3.63, 3.8) is 0 Å². The standard InChI is InChI=1S/C22H26N6O3/c1-4-26(5-2)15-18-11-9-17(10-12-18)14-23-22(29)21-16(3)27(25-24-21)19-7-6-8-20(13-19)28(30)31/h6-13H,4-5,14-15H2,1-3H3,(H,23,29). The van der Waals surface area contributed by atoms with Gasteiger partial charge in [-0.05, 0) is 37.2 Å². The molecule has 0 saturated heterocycles. The summed E-state index contributed by atoms with van der Waals surface area (Å²) >= 11 is 0. The van der Waals surface area contributed by atoms with E-state index in [0.717, 1.165) is 25.2 Å². The van der Waals surface area contributed by atoms with Crippen LogP contribution in [0.1, 0.15) is 41.2 Å². The van der Waals surface area contributed by atoms with Gasteiger partial charge in [-0.1, -0.05) is 49.4 Å². The lowest BCUT2D eigenvalue weighted by atomic mass is 10.1. The number of benzene rings is 2. The molecule has 9 heteroatoms. The van der Waals surface area contributed by atoms with E-state index in [1.165, 1.54) is 22.4 Å². The van der Waals surface area contributed by atoms with Gasteiger partial charge in [-0.2, -0.15) is 0 Å². The fraction of sp³-hybridized carbons (Fsp3) is 0.318. The van der Waals surface area contributed by atoms with E-state index >= 15 is 0 Å². The van der Waals surface area contributed by atoms with Gasteiger partial charge in [-0.3, -0.25) is 19.8 Å². The number of nitro groups is 1. The third-order valence-corrected chi connectivity index (χ3v) is 5.17. The molecule has 0 aliphatic heterocycles. The number of nitro benzene ring substituents is 1. The summed E-state index contributed by atoms with van der Waals surface area (Å²) in [6, 6.07) is 14.2. The molecule has 1 N–H and O–H groups in total. The molecule has 162 valence electrons. The first-order valence-corrected chi connectivity index (χ1v) is 10.2. The molecule has 0 bridgehead atoms. The van der Waals surface area contributed by atoms with Crippen LogP contribution in [-0.2, 0) is 13.1 Å². The number of aromatic nitrogens is 3. The van der Waals surface area contributed by atoms with Crippen molar-refractivity contribution in [2.45, 2.75) is 33.9 Å². The Morgan fingerprint density at radius 3 is 2.45 bits per heavy atom. The number of nitrogens with one attached hydrogen (secondary N) is 1. The lowest BCUT2D eigenvalue weighted by Crippen LogP contribution is -2.24. The minimum absolute atomic E-state index is 0.0529. The fourth-order valence-corrected chi connectivity index (χ4v) is 3.26. The van der Waals surface area contributed by atoms with Crippen molar-refractivity contribution in [3.8, 4) is 5.69 Å². The molecule has 0 saturated carbocycles. The van der Waals surface area contributed by atoms with E-state index in [1.807, 2.05) is 12.1 Å². The van der Waals surface area contributed by atoms with Crippen molar-refractivity contribution in [1.82, 2.24) is 25.2 Å². The Labute approximate surface area is 180 Å². The minimum Gasteiger partial charge on any atom is -0.347 e. The molecule has 1 amide bonds. The van der Waals surface area contributed by atoms with Gasteiger partial charge < -0.3 is 5.32 Å². The topological polar surface area (TPSA) is 106 Å². The van der Waals surface area contributed by atoms with Crippen molar-refractivity contribution in [3.05, 3.63) is 81.2 Å².